The quantitative estimate of drug-likeness (QED) is 0.0975. The van der Waals surface area contributed by atoms with E-state index in [9.17, 15) is 23.3 Å². The van der Waals surface area contributed by atoms with Gasteiger partial charge >= 0.3 is 0 Å². The molecule has 1 amide bonds. The van der Waals surface area contributed by atoms with Crippen molar-refractivity contribution in [2.24, 2.45) is 15.6 Å². The molecule has 0 bridgehead atoms. The number of nitro groups is 1. The molecule has 2 N–H and O–H groups in total. The average Bonchev–Trinajstić information content (AvgIpc) is 3.74. The number of hydrogen-bond acceptors (Lipinski definition) is 12. The van der Waals surface area contributed by atoms with Crippen LogP contribution in [0.5, 0.6) is 11.5 Å². The molecular weight excluding hydrogens is 837 g/mol. The maximum absolute atomic E-state index is 15.2. The smallest absolute Gasteiger partial charge is 0.293 e. The van der Waals surface area contributed by atoms with Crippen LogP contribution in [0.3, 0.4) is 0 Å². The molecular formula is C45H49ClFN7O7S. The molecule has 3 aliphatic heterocycles. The van der Waals surface area contributed by atoms with Crippen LogP contribution in [0, 0.1) is 15.5 Å². The van der Waals surface area contributed by atoms with Crippen LogP contribution in [0.4, 0.5) is 27.1 Å². The number of rotatable bonds is 13. The number of anilines is 2. The molecule has 0 atom stereocenters. The molecule has 17 heteroatoms. The summed E-state index contributed by atoms with van der Waals surface area (Å²) in [6.07, 6.45) is 3.40. The normalized spacial score (nSPS) is 18.6. The third-order valence-electron chi connectivity index (χ3n) is 12.1. The first-order chi connectivity index (χ1) is 29.7. The van der Waals surface area contributed by atoms with Crippen molar-refractivity contribution in [2.45, 2.75) is 63.1 Å². The van der Waals surface area contributed by atoms with Crippen molar-refractivity contribution >= 4 is 55.9 Å². The average molecular weight is 886 g/mol. The van der Waals surface area contributed by atoms with E-state index in [1.807, 2.05) is 18.2 Å². The topological polar surface area (TPSA) is 168 Å². The van der Waals surface area contributed by atoms with Crippen molar-refractivity contribution < 1.29 is 32.0 Å². The van der Waals surface area contributed by atoms with E-state index in [4.69, 9.17) is 21.1 Å². The van der Waals surface area contributed by atoms with Gasteiger partial charge in [-0.1, -0.05) is 55.3 Å². The van der Waals surface area contributed by atoms with Gasteiger partial charge in [-0.3, -0.25) is 19.8 Å². The Labute approximate surface area is 365 Å². The number of alkyl halides is 1. The molecule has 2 fully saturated rings. The van der Waals surface area contributed by atoms with E-state index in [0.29, 0.717) is 31.1 Å². The van der Waals surface area contributed by atoms with E-state index < -0.39 is 37.1 Å². The van der Waals surface area contributed by atoms with Crippen LogP contribution < -0.4 is 19.7 Å². The first-order valence-corrected chi connectivity index (χ1v) is 22.6. The lowest BCUT2D eigenvalue weighted by Gasteiger charge is -2.39. The second-order valence-corrected chi connectivity index (χ2v) is 19.2. The number of carbonyl (C=O) groups excluding carboxylic acids is 1. The van der Waals surface area contributed by atoms with Crippen LogP contribution in [0.1, 0.15) is 67.4 Å². The number of nitrogens with one attached hydrogen (secondary N) is 2. The van der Waals surface area contributed by atoms with Gasteiger partial charge in [0.05, 0.1) is 21.9 Å². The molecule has 8 rings (SSSR count). The van der Waals surface area contributed by atoms with Gasteiger partial charge in [0, 0.05) is 93.7 Å². The number of sulfonamides is 1. The molecule has 0 radical (unpaired) electrons. The van der Waals surface area contributed by atoms with Crippen molar-refractivity contribution in [3.63, 3.8) is 0 Å². The first kappa shape index (κ1) is 43.2. The van der Waals surface area contributed by atoms with E-state index in [1.54, 1.807) is 24.3 Å². The Morgan fingerprint density at radius 3 is 2.48 bits per heavy atom. The summed E-state index contributed by atoms with van der Waals surface area (Å²) < 4.78 is 56.3. The van der Waals surface area contributed by atoms with Crippen molar-refractivity contribution in [3.05, 3.63) is 116 Å². The molecule has 14 nitrogen and oxygen atoms in total. The maximum Gasteiger partial charge on any atom is 0.293 e. The Bertz CT molecular complexity index is 2540. The Morgan fingerprint density at radius 1 is 0.984 bits per heavy atom. The second-order valence-electron chi connectivity index (χ2n) is 17.1. The fourth-order valence-corrected chi connectivity index (χ4v) is 9.56. The summed E-state index contributed by atoms with van der Waals surface area (Å²) in [5.74, 6) is -0.568. The number of benzene rings is 4. The van der Waals surface area contributed by atoms with Crippen molar-refractivity contribution in [1.82, 2.24) is 9.62 Å². The summed E-state index contributed by atoms with van der Waals surface area (Å²) in [7, 11) is -4.64. The third-order valence-corrected chi connectivity index (χ3v) is 13.7. The number of azo groups is 1. The number of carbonyl (C=O) groups is 1. The van der Waals surface area contributed by atoms with Gasteiger partial charge in [-0.2, -0.15) is 10.2 Å². The Hall–Kier alpha value is -5.42. The van der Waals surface area contributed by atoms with Crippen LogP contribution in [0.15, 0.2) is 99.6 Å². The summed E-state index contributed by atoms with van der Waals surface area (Å²) >= 11 is 6.23. The van der Waals surface area contributed by atoms with E-state index in [-0.39, 0.29) is 55.0 Å². The molecule has 326 valence electrons. The number of fused-ring (bicyclic) bond motifs is 1. The molecule has 2 saturated heterocycles. The zero-order valence-electron chi connectivity index (χ0n) is 34.7. The largest absolute Gasteiger partial charge is 0.454 e. The van der Waals surface area contributed by atoms with E-state index in [1.165, 1.54) is 28.8 Å². The summed E-state index contributed by atoms with van der Waals surface area (Å²) in [6, 6.07) is 21.7. The number of halogens is 2. The van der Waals surface area contributed by atoms with Gasteiger partial charge < -0.3 is 19.7 Å². The summed E-state index contributed by atoms with van der Waals surface area (Å²) in [5, 5.41) is 23.9. The van der Waals surface area contributed by atoms with Gasteiger partial charge in [-0.15, -0.1) is 0 Å². The van der Waals surface area contributed by atoms with Crippen LogP contribution >= 0.6 is 11.6 Å². The minimum absolute atomic E-state index is 0.0544. The maximum atomic E-state index is 15.2. The lowest BCUT2D eigenvalue weighted by atomic mass is 9.72. The van der Waals surface area contributed by atoms with Crippen molar-refractivity contribution in [2.75, 3.05) is 62.7 Å². The Morgan fingerprint density at radius 2 is 1.74 bits per heavy atom. The zero-order valence-corrected chi connectivity index (χ0v) is 36.2. The van der Waals surface area contributed by atoms with E-state index in [0.717, 1.165) is 67.3 Å². The number of nitrogens with zero attached hydrogens (tertiary/aromatic N) is 5. The number of piperazine rings is 1. The molecule has 0 unspecified atom stereocenters. The third kappa shape index (κ3) is 9.78. The van der Waals surface area contributed by atoms with Gasteiger partial charge in [-0.25, -0.2) is 17.5 Å². The molecule has 62 heavy (non-hydrogen) atoms. The number of ether oxygens (including phenoxy) is 2. The Kier molecular flexibility index (Phi) is 12.4. The highest BCUT2D eigenvalue weighted by molar-refractivity contribution is 7.90. The molecule has 0 saturated carbocycles. The standard InChI is InChI=1S/C45H49ClFN7O7S/c1-44(2)15-14-32(37(26-44)30-6-8-33(46)9-7-30)28-52-18-20-53(21-19-52)34-10-12-36(41(24-34)61-40-5-3-4-31-27-49-50-42(31)40)43(55)51-62(58,59)35-11-13-38(39(25-35)54(56)57)48-29-45(47)16-22-60-23-17-45/h3-13,24-25,48H,14-23,26-29H2,1-2H3,(H,51,55). The number of allylic oxidation sites excluding steroid dienone is 1. The van der Waals surface area contributed by atoms with Gasteiger partial charge in [0.1, 0.15) is 22.8 Å². The number of amides is 1. The summed E-state index contributed by atoms with van der Waals surface area (Å²) in [6.45, 7) is 9.14. The van der Waals surface area contributed by atoms with Crippen LogP contribution in [0.2, 0.25) is 5.02 Å². The van der Waals surface area contributed by atoms with Gasteiger partial charge in [0.2, 0.25) is 0 Å². The van der Waals surface area contributed by atoms with Gasteiger partial charge in [-0.05, 0) is 78.3 Å². The van der Waals surface area contributed by atoms with Crippen LogP contribution in [0.25, 0.3) is 5.57 Å². The van der Waals surface area contributed by atoms with Crippen molar-refractivity contribution in [3.8, 4) is 11.5 Å². The SMILES string of the molecule is CC1(C)CCC(CN2CCN(c3ccc(C(=O)NS(=O)(=O)c4ccc(NCC5(F)CCOCC5)c([N+](=O)[O-])c4)c(Oc4cccc5c4N=NC5)c3)CC2)=C(c2ccc(Cl)cc2)C1. The highest BCUT2D eigenvalue weighted by Crippen LogP contribution is 2.44. The van der Waals surface area contributed by atoms with Crippen LogP contribution in [-0.2, 0) is 21.3 Å². The van der Waals surface area contributed by atoms with E-state index >= 15 is 4.39 Å². The predicted octanol–water partition coefficient (Wildman–Crippen LogP) is 9.47. The molecule has 3 heterocycles. The van der Waals surface area contributed by atoms with E-state index in [2.05, 4.69) is 56.0 Å². The number of hydrogen-bond donors (Lipinski definition) is 2. The zero-order chi connectivity index (χ0) is 43.6. The fourth-order valence-electron chi connectivity index (χ4n) is 8.45. The molecule has 4 aliphatic rings. The minimum atomic E-state index is -4.64. The molecule has 1 aliphatic carbocycles. The molecule has 0 spiro atoms. The van der Waals surface area contributed by atoms with Gasteiger partial charge in [0.25, 0.3) is 21.6 Å². The van der Waals surface area contributed by atoms with Gasteiger partial charge in [0.15, 0.2) is 5.75 Å². The summed E-state index contributed by atoms with van der Waals surface area (Å²) in [4.78, 5) is 29.4. The number of nitro benzene ring substituents is 1. The monoisotopic (exact) mass is 885 g/mol. The minimum Gasteiger partial charge on any atom is -0.454 e. The Balaban J connectivity index is 1.01. The highest BCUT2D eigenvalue weighted by Gasteiger charge is 2.34. The molecule has 4 aromatic rings. The first-order valence-electron chi connectivity index (χ1n) is 20.8. The highest BCUT2D eigenvalue weighted by atomic mass is 35.5. The molecule has 0 aromatic heterocycles. The summed E-state index contributed by atoms with van der Waals surface area (Å²) in [5.41, 5.74) is 4.06. The lowest BCUT2D eigenvalue weighted by molar-refractivity contribution is -0.384. The molecule has 4 aromatic carbocycles. The van der Waals surface area contributed by atoms with Crippen molar-refractivity contribution in [1.29, 1.82) is 0 Å². The van der Waals surface area contributed by atoms with Crippen LogP contribution in [-0.4, -0.2) is 82.3 Å². The lowest BCUT2D eigenvalue weighted by Crippen LogP contribution is -2.47. The fraction of sp³-hybridized carbons (Fsp3) is 0.400. The predicted molar refractivity (Wildman–Crippen MR) is 236 cm³/mol. The second kappa shape index (κ2) is 17.8.